The molecule has 1 aliphatic rings. The first-order valence-electron chi connectivity index (χ1n) is 6.83. The van der Waals surface area contributed by atoms with Crippen LogP contribution in [0.1, 0.15) is 47.5 Å². The molecule has 1 heterocycles. The second-order valence-electron chi connectivity index (χ2n) is 6.78. The Morgan fingerprint density at radius 2 is 2.00 bits per heavy atom. The molecule has 0 aliphatic carbocycles. The Kier molecular flexibility index (Phi) is 7.70. The van der Waals surface area contributed by atoms with E-state index in [-0.39, 0.29) is 12.4 Å². The van der Waals surface area contributed by atoms with Gasteiger partial charge in [0.05, 0.1) is 0 Å². The van der Waals surface area contributed by atoms with Gasteiger partial charge in [0.2, 0.25) is 0 Å². The minimum atomic E-state index is 0. The summed E-state index contributed by atoms with van der Waals surface area (Å²) in [4.78, 5) is 2.64. The van der Waals surface area contributed by atoms with E-state index in [0.717, 1.165) is 19.0 Å². The third kappa shape index (κ3) is 7.28. The van der Waals surface area contributed by atoms with Gasteiger partial charge in [-0.1, -0.05) is 27.7 Å². The highest BCUT2D eigenvalue weighted by molar-refractivity contribution is 5.85. The smallest absolute Gasteiger partial charge is 0.0192 e. The molecular weight excluding hydrogens is 232 g/mol. The molecule has 1 fully saturated rings. The number of hydrogen-bond acceptors (Lipinski definition) is 2. The van der Waals surface area contributed by atoms with Gasteiger partial charge in [-0.25, -0.2) is 0 Å². The lowest BCUT2D eigenvalue weighted by atomic mass is 9.96. The molecule has 2 atom stereocenters. The first-order chi connectivity index (χ1) is 7.38. The molecule has 2 nitrogen and oxygen atoms in total. The van der Waals surface area contributed by atoms with Crippen molar-refractivity contribution in [3.63, 3.8) is 0 Å². The van der Waals surface area contributed by atoms with Crippen LogP contribution in [0.4, 0.5) is 0 Å². The zero-order chi connectivity index (χ0) is 12.2. The largest absolute Gasteiger partial charge is 0.315 e. The molecular formula is C14H31ClN2. The second-order valence-corrected chi connectivity index (χ2v) is 6.78. The summed E-state index contributed by atoms with van der Waals surface area (Å²) in [5.41, 5.74) is 0.398. The monoisotopic (exact) mass is 262 g/mol. The lowest BCUT2D eigenvalue weighted by Crippen LogP contribution is -2.46. The Morgan fingerprint density at radius 1 is 1.35 bits per heavy atom. The summed E-state index contributed by atoms with van der Waals surface area (Å²) in [7, 11) is 0. The number of halogens is 1. The number of nitrogens with zero attached hydrogens (tertiary/aromatic N) is 1. The van der Waals surface area contributed by atoms with Crippen molar-refractivity contribution in [3.05, 3.63) is 0 Å². The third-order valence-electron chi connectivity index (χ3n) is 3.41. The molecule has 104 valence electrons. The topological polar surface area (TPSA) is 15.3 Å². The molecule has 0 radical (unpaired) electrons. The molecule has 0 saturated carbocycles. The van der Waals surface area contributed by atoms with Crippen molar-refractivity contribution in [3.8, 4) is 0 Å². The van der Waals surface area contributed by atoms with Crippen molar-refractivity contribution in [2.75, 3.05) is 26.2 Å². The van der Waals surface area contributed by atoms with Gasteiger partial charge in [-0.05, 0) is 37.6 Å². The molecule has 1 aliphatic heterocycles. The lowest BCUT2D eigenvalue weighted by molar-refractivity contribution is 0.135. The van der Waals surface area contributed by atoms with Crippen molar-refractivity contribution in [2.45, 2.75) is 53.5 Å². The highest BCUT2D eigenvalue weighted by Crippen LogP contribution is 2.17. The molecule has 0 amide bonds. The van der Waals surface area contributed by atoms with E-state index in [9.17, 15) is 0 Å². The molecule has 1 N–H and O–H groups in total. The fourth-order valence-corrected chi connectivity index (χ4v) is 2.41. The molecule has 0 aromatic heterocycles. The average molecular weight is 263 g/mol. The Morgan fingerprint density at radius 3 is 2.53 bits per heavy atom. The van der Waals surface area contributed by atoms with E-state index in [2.05, 4.69) is 44.8 Å². The minimum Gasteiger partial charge on any atom is -0.315 e. The SMILES string of the molecule is CC1CCCN(C(C)CNCC(C)(C)C)C1.Cl. The maximum atomic E-state index is 3.60. The lowest BCUT2D eigenvalue weighted by Gasteiger charge is -2.36. The van der Waals surface area contributed by atoms with Crippen LogP contribution in [0.5, 0.6) is 0 Å². The third-order valence-corrected chi connectivity index (χ3v) is 3.41. The zero-order valence-electron chi connectivity index (χ0n) is 12.3. The predicted molar refractivity (Wildman–Crippen MR) is 79.0 cm³/mol. The Bertz CT molecular complexity index is 201. The second kappa shape index (κ2) is 7.60. The van der Waals surface area contributed by atoms with E-state index in [1.54, 1.807) is 0 Å². The van der Waals surface area contributed by atoms with E-state index in [4.69, 9.17) is 0 Å². The number of piperidine rings is 1. The van der Waals surface area contributed by atoms with Crippen molar-refractivity contribution in [1.29, 1.82) is 0 Å². The van der Waals surface area contributed by atoms with Crippen LogP contribution < -0.4 is 5.32 Å². The van der Waals surface area contributed by atoms with E-state index in [1.165, 1.54) is 25.9 Å². The number of rotatable bonds is 4. The molecule has 0 aromatic rings. The van der Waals surface area contributed by atoms with Crippen molar-refractivity contribution >= 4 is 12.4 Å². The summed E-state index contributed by atoms with van der Waals surface area (Å²) in [5.74, 6) is 0.888. The van der Waals surface area contributed by atoms with Gasteiger partial charge in [0.25, 0.3) is 0 Å². The summed E-state index contributed by atoms with van der Waals surface area (Å²) in [6.45, 7) is 16.4. The van der Waals surface area contributed by atoms with E-state index in [0.29, 0.717) is 11.5 Å². The molecule has 0 bridgehead atoms. The number of nitrogens with one attached hydrogen (secondary N) is 1. The van der Waals surface area contributed by atoms with Crippen molar-refractivity contribution < 1.29 is 0 Å². The predicted octanol–water partition coefficient (Wildman–Crippen LogP) is 3.16. The molecule has 1 saturated heterocycles. The molecule has 2 unspecified atom stereocenters. The van der Waals surface area contributed by atoms with Crippen molar-refractivity contribution in [2.24, 2.45) is 11.3 Å². The van der Waals surface area contributed by atoms with Gasteiger partial charge in [-0.2, -0.15) is 0 Å². The first kappa shape index (κ1) is 17.2. The number of hydrogen-bond donors (Lipinski definition) is 1. The van der Waals surface area contributed by atoms with E-state index >= 15 is 0 Å². The fraction of sp³-hybridized carbons (Fsp3) is 1.00. The highest BCUT2D eigenvalue weighted by atomic mass is 35.5. The van der Waals surface area contributed by atoms with Crippen LogP contribution in [0.3, 0.4) is 0 Å². The summed E-state index contributed by atoms with van der Waals surface area (Å²) in [6.07, 6.45) is 2.80. The molecule has 1 rings (SSSR count). The average Bonchev–Trinajstić information content (AvgIpc) is 2.15. The van der Waals surface area contributed by atoms with Gasteiger partial charge >= 0.3 is 0 Å². The van der Waals surface area contributed by atoms with Crippen molar-refractivity contribution in [1.82, 2.24) is 10.2 Å². The Balaban J connectivity index is 0.00000256. The highest BCUT2D eigenvalue weighted by Gasteiger charge is 2.20. The van der Waals surface area contributed by atoms with Crippen LogP contribution in [0.25, 0.3) is 0 Å². The summed E-state index contributed by atoms with van der Waals surface area (Å²) in [5, 5.41) is 3.60. The van der Waals surface area contributed by atoms with E-state index < -0.39 is 0 Å². The van der Waals surface area contributed by atoms with Crippen LogP contribution >= 0.6 is 12.4 Å². The Labute approximate surface area is 114 Å². The fourth-order valence-electron chi connectivity index (χ4n) is 2.41. The van der Waals surface area contributed by atoms with Gasteiger partial charge in [0.1, 0.15) is 0 Å². The van der Waals surface area contributed by atoms with Gasteiger partial charge in [0.15, 0.2) is 0 Å². The summed E-state index contributed by atoms with van der Waals surface area (Å²) in [6, 6.07) is 0.685. The Hall–Kier alpha value is 0.210. The van der Waals surface area contributed by atoms with Gasteiger partial charge in [0, 0.05) is 25.7 Å². The normalized spacial score (nSPS) is 24.2. The van der Waals surface area contributed by atoms with Crippen LogP contribution in [0.15, 0.2) is 0 Å². The summed E-state index contributed by atoms with van der Waals surface area (Å²) >= 11 is 0. The number of likely N-dealkylation sites (tertiary alicyclic amines) is 1. The standard InChI is InChI=1S/C14H30N2.ClH/c1-12-7-6-8-16(10-12)13(2)9-15-11-14(3,4)5;/h12-13,15H,6-11H2,1-5H3;1H. The summed E-state index contributed by atoms with van der Waals surface area (Å²) < 4.78 is 0. The maximum absolute atomic E-state index is 3.60. The quantitative estimate of drug-likeness (QED) is 0.837. The minimum absolute atomic E-state index is 0. The van der Waals surface area contributed by atoms with Crippen LogP contribution in [0, 0.1) is 11.3 Å². The van der Waals surface area contributed by atoms with Crippen LogP contribution in [-0.2, 0) is 0 Å². The maximum Gasteiger partial charge on any atom is 0.0192 e. The van der Waals surface area contributed by atoms with Gasteiger partial charge in [-0.15, -0.1) is 12.4 Å². The first-order valence-corrected chi connectivity index (χ1v) is 6.83. The van der Waals surface area contributed by atoms with Gasteiger partial charge in [-0.3, -0.25) is 4.90 Å². The zero-order valence-corrected chi connectivity index (χ0v) is 13.1. The van der Waals surface area contributed by atoms with Crippen LogP contribution in [0.2, 0.25) is 0 Å². The molecule has 0 aromatic carbocycles. The molecule has 3 heteroatoms. The van der Waals surface area contributed by atoms with Crippen LogP contribution in [-0.4, -0.2) is 37.1 Å². The molecule has 0 spiro atoms. The van der Waals surface area contributed by atoms with E-state index in [1.807, 2.05) is 0 Å². The molecule has 17 heavy (non-hydrogen) atoms. The van der Waals surface area contributed by atoms with Gasteiger partial charge < -0.3 is 5.32 Å².